The molecule has 0 amide bonds. The number of para-hydroxylation sites is 1. The molecule has 0 atom stereocenters. The van der Waals surface area contributed by atoms with Gasteiger partial charge in [0.05, 0.1) is 0 Å². The normalized spacial score (nSPS) is 17.1. The van der Waals surface area contributed by atoms with Crippen molar-refractivity contribution in [2.24, 2.45) is 0 Å². The fourth-order valence-corrected chi connectivity index (χ4v) is 2.26. The maximum absolute atomic E-state index is 3.53. The number of fused-ring (bicyclic) bond motifs is 1. The molecule has 0 radical (unpaired) electrons. The van der Waals surface area contributed by atoms with Gasteiger partial charge in [0.1, 0.15) is 0 Å². The minimum atomic E-state index is 1.07. The second-order valence-corrected chi connectivity index (χ2v) is 4.53. The Kier molecular flexibility index (Phi) is 4.23. The zero-order valence-electron chi connectivity index (χ0n) is 10.2. The first-order valence-electron chi connectivity index (χ1n) is 6.44. The number of nitrogens with one attached hydrogen (secondary N) is 1. The highest BCUT2D eigenvalue weighted by Gasteiger charge is 2.10. The highest BCUT2D eigenvalue weighted by molar-refractivity contribution is 5.51. The Balaban J connectivity index is 1.96. The van der Waals surface area contributed by atoms with Crippen LogP contribution in [0.15, 0.2) is 24.3 Å². The summed E-state index contributed by atoms with van der Waals surface area (Å²) in [6, 6.07) is 8.68. The molecule has 0 saturated heterocycles. The van der Waals surface area contributed by atoms with Crippen molar-refractivity contribution in [2.45, 2.75) is 26.2 Å². The van der Waals surface area contributed by atoms with Gasteiger partial charge in [0.25, 0.3) is 0 Å². The van der Waals surface area contributed by atoms with Gasteiger partial charge in [0.2, 0.25) is 0 Å². The molecule has 0 spiro atoms. The average molecular weight is 218 g/mol. The number of anilines is 1. The topological polar surface area (TPSA) is 15.3 Å². The third-order valence-corrected chi connectivity index (χ3v) is 3.29. The summed E-state index contributed by atoms with van der Waals surface area (Å²) in [6.07, 6.45) is 3.79. The number of nitrogens with zero attached hydrogens (tertiary/aromatic N) is 1. The van der Waals surface area contributed by atoms with Crippen LogP contribution in [0, 0.1) is 0 Å². The third kappa shape index (κ3) is 2.99. The monoisotopic (exact) mass is 218 g/mol. The lowest BCUT2D eigenvalue weighted by molar-refractivity contribution is 0.280. The lowest BCUT2D eigenvalue weighted by Crippen LogP contribution is -2.33. The van der Waals surface area contributed by atoms with Crippen LogP contribution in [0.1, 0.15) is 25.3 Å². The van der Waals surface area contributed by atoms with E-state index in [-0.39, 0.29) is 0 Å². The summed E-state index contributed by atoms with van der Waals surface area (Å²) in [4.78, 5) is 2.58. The van der Waals surface area contributed by atoms with E-state index in [0.29, 0.717) is 0 Å². The number of unbranched alkanes of at least 4 members (excludes halogenated alkanes) is 1. The van der Waals surface area contributed by atoms with Gasteiger partial charge >= 0.3 is 0 Å². The Morgan fingerprint density at radius 2 is 2.12 bits per heavy atom. The first-order chi connectivity index (χ1) is 7.90. The second kappa shape index (κ2) is 5.90. The smallest absolute Gasteiger partial charge is 0.0373 e. The van der Waals surface area contributed by atoms with Gasteiger partial charge in [-0.15, -0.1) is 0 Å². The van der Waals surface area contributed by atoms with Crippen LogP contribution in [-0.2, 0) is 6.42 Å². The van der Waals surface area contributed by atoms with Crippen molar-refractivity contribution in [2.75, 3.05) is 31.5 Å². The van der Waals surface area contributed by atoms with Crippen molar-refractivity contribution < 1.29 is 0 Å². The molecular weight excluding hydrogens is 196 g/mol. The van der Waals surface area contributed by atoms with Crippen molar-refractivity contribution in [1.82, 2.24) is 4.90 Å². The SMILES string of the molecule is CCCCN1CCNc2ccccc2CC1. The van der Waals surface area contributed by atoms with Crippen molar-refractivity contribution in [3.63, 3.8) is 0 Å². The Morgan fingerprint density at radius 1 is 1.25 bits per heavy atom. The Bertz CT molecular complexity index is 322. The van der Waals surface area contributed by atoms with Gasteiger partial charge in [-0.25, -0.2) is 0 Å². The predicted octanol–water partition coefficient (Wildman–Crippen LogP) is 2.76. The van der Waals surface area contributed by atoms with Crippen molar-refractivity contribution in [3.05, 3.63) is 29.8 Å². The molecule has 1 aliphatic heterocycles. The molecule has 0 aromatic heterocycles. The zero-order chi connectivity index (χ0) is 11.2. The lowest BCUT2D eigenvalue weighted by Gasteiger charge is -2.26. The van der Waals surface area contributed by atoms with E-state index in [2.05, 4.69) is 41.4 Å². The molecule has 1 aromatic rings. The molecule has 88 valence electrons. The summed E-state index contributed by atoms with van der Waals surface area (Å²) >= 11 is 0. The highest BCUT2D eigenvalue weighted by Crippen LogP contribution is 2.17. The Morgan fingerprint density at radius 3 is 3.00 bits per heavy atom. The van der Waals surface area contributed by atoms with E-state index in [1.165, 1.54) is 50.1 Å². The Labute approximate surface area is 98.7 Å². The second-order valence-electron chi connectivity index (χ2n) is 4.53. The fraction of sp³-hybridized carbons (Fsp3) is 0.571. The van der Waals surface area contributed by atoms with Crippen LogP contribution in [0.5, 0.6) is 0 Å². The summed E-state index contributed by atoms with van der Waals surface area (Å²) in [5.74, 6) is 0. The summed E-state index contributed by atoms with van der Waals surface area (Å²) in [5, 5.41) is 3.53. The molecule has 2 heteroatoms. The van der Waals surface area contributed by atoms with Crippen LogP contribution >= 0.6 is 0 Å². The summed E-state index contributed by atoms with van der Waals surface area (Å²) < 4.78 is 0. The molecule has 1 aliphatic rings. The number of benzene rings is 1. The quantitative estimate of drug-likeness (QED) is 0.839. The van der Waals surface area contributed by atoms with Crippen molar-refractivity contribution in [3.8, 4) is 0 Å². The molecule has 2 nitrogen and oxygen atoms in total. The molecule has 1 N–H and O–H groups in total. The first kappa shape index (κ1) is 11.5. The molecular formula is C14H22N2. The van der Waals surface area contributed by atoms with Gasteiger partial charge in [0.15, 0.2) is 0 Å². The molecule has 0 bridgehead atoms. The largest absolute Gasteiger partial charge is 0.384 e. The molecule has 2 rings (SSSR count). The molecule has 0 saturated carbocycles. The molecule has 16 heavy (non-hydrogen) atoms. The highest BCUT2D eigenvalue weighted by atomic mass is 15.1. The lowest BCUT2D eigenvalue weighted by atomic mass is 10.1. The molecule has 0 aliphatic carbocycles. The standard InChI is InChI=1S/C14H22N2/c1-2-3-10-16-11-8-13-6-4-5-7-14(13)15-9-12-16/h4-7,15H,2-3,8-12H2,1H3. The fourth-order valence-electron chi connectivity index (χ4n) is 2.26. The number of rotatable bonds is 3. The molecule has 0 unspecified atom stereocenters. The van der Waals surface area contributed by atoms with E-state index in [1.54, 1.807) is 0 Å². The van der Waals surface area contributed by atoms with Gasteiger partial charge in [-0.3, -0.25) is 0 Å². The van der Waals surface area contributed by atoms with Gasteiger partial charge in [-0.1, -0.05) is 31.5 Å². The zero-order valence-corrected chi connectivity index (χ0v) is 10.2. The maximum atomic E-state index is 3.53. The van der Waals surface area contributed by atoms with E-state index < -0.39 is 0 Å². The van der Waals surface area contributed by atoms with Crippen LogP contribution < -0.4 is 5.32 Å². The summed E-state index contributed by atoms with van der Waals surface area (Å²) in [7, 11) is 0. The molecule has 0 fully saturated rings. The van der Waals surface area contributed by atoms with Crippen molar-refractivity contribution >= 4 is 5.69 Å². The van der Waals surface area contributed by atoms with Crippen LogP contribution in [0.3, 0.4) is 0 Å². The minimum Gasteiger partial charge on any atom is -0.384 e. The van der Waals surface area contributed by atoms with Crippen LogP contribution in [0.25, 0.3) is 0 Å². The van der Waals surface area contributed by atoms with Gasteiger partial charge in [-0.05, 0) is 31.0 Å². The van der Waals surface area contributed by atoms with Crippen LogP contribution in [0.4, 0.5) is 5.69 Å². The van der Waals surface area contributed by atoms with Gasteiger partial charge in [0, 0.05) is 25.3 Å². The van der Waals surface area contributed by atoms with E-state index in [1.807, 2.05) is 0 Å². The van der Waals surface area contributed by atoms with Gasteiger partial charge < -0.3 is 10.2 Å². The van der Waals surface area contributed by atoms with E-state index in [9.17, 15) is 0 Å². The summed E-state index contributed by atoms with van der Waals surface area (Å²) in [6.45, 7) is 6.96. The maximum Gasteiger partial charge on any atom is 0.0373 e. The minimum absolute atomic E-state index is 1.07. The first-order valence-corrected chi connectivity index (χ1v) is 6.44. The molecule has 1 heterocycles. The average Bonchev–Trinajstić information content (AvgIpc) is 2.29. The van der Waals surface area contributed by atoms with E-state index in [4.69, 9.17) is 0 Å². The Hall–Kier alpha value is -1.02. The predicted molar refractivity (Wildman–Crippen MR) is 70.0 cm³/mol. The molecule has 1 aromatic carbocycles. The number of hydrogen-bond acceptors (Lipinski definition) is 2. The third-order valence-electron chi connectivity index (χ3n) is 3.29. The van der Waals surface area contributed by atoms with Gasteiger partial charge in [-0.2, -0.15) is 0 Å². The number of hydrogen-bond donors (Lipinski definition) is 1. The van der Waals surface area contributed by atoms with E-state index in [0.717, 1.165) is 6.54 Å². The van der Waals surface area contributed by atoms with Crippen LogP contribution in [-0.4, -0.2) is 31.1 Å². The van der Waals surface area contributed by atoms with Crippen molar-refractivity contribution in [1.29, 1.82) is 0 Å². The van der Waals surface area contributed by atoms with E-state index >= 15 is 0 Å². The van der Waals surface area contributed by atoms with Crippen LogP contribution in [0.2, 0.25) is 0 Å². The summed E-state index contributed by atoms with van der Waals surface area (Å²) in [5.41, 5.74) is 2.79.